The lowest BCUT2D eigenvalue weighted by Crippen LogP contribution is -2.36. The lowest BCUT2D eigenvalue weighted by atomic mass is 9.91. The summed E-state index contributed by atoms with van der Waals surface area (Å²) < 4.78 is 32.5. The Morgan fingerprint density at radius 1 is 1.41 bits per heavy atom. The molecule has 0 bridgehead atoms. The largest absolute Gasteiger partial charge is 0.395 e. The molecule has 1 aliphatic rings. The molecule has 1 unspecified atom stereocenters. The first kappa shape index (κ1) is 20.4. The normalized spacial score (nSPS) is 17.8. The van der Waals surface area contributed by atoms with E-state index < -0.39 is 11.0 Å². The average molecular weight is 398 g/mol. The molecule has 1 saturated heterocycles. The van der Waals surface area contributed by atoms with Crippen LogP contribution in [0, 0.1) is 5.82 Å². The van der Waals surface area contributed by atoms with Gasteiger partial charge in [0.05, 0.1) is 29.0 Å². The Bertz CT molecular complexity index is 762. The molecule has 0 aliphatic carbocycles. The first-order valence-electron chi connectivity index (χ1n) is 9.63. The Balaban J connectivity index is 1.47. The predicted molar refractivity (Wildman–Crippen MR) is 104 cm³/mol. The van der Waals surface area contributed by atoms with Gasteiger partial charge < -0.3 is 14.5 Å². The van der Waals surface area contributed by atoms with Crippen molar-refractivity contribution in [2.75, 3.05) is 45.1 Å². The maximum absolute atomic E-state index is 13.3. The summed E-state index contributed by atoms with van der Waals surface area (Å²) in [6.07, 6.45) is 2.97. The van der Waals surface area contributed by atoms with E-state index in [0.717, 1.165) is 63.1 Å². The highest BCUT2D eigenvalue weighted by Crippen LogP contribution is 2.32. The number of aromatic nitrogens is 1. The van der Waals surface area contributed by atoms with E-state index in [1.807, 2.05) is 11.2 Å². The number of nitrogens with zero attached hydrogens (tertiary/aromatic N) is 3. The Hall–Kier alpha value is -1.35. The Morgan fingerprint density at radius 3 is 2.89 bits per heavy atom. The molecule has 2 aromatic rings. The summed E-state index contributed by atoms with van der Waals surface area (Å²) in [6.45, 7) is 6.42. The standard InChI is InChI=1S/C19H28FN3O3S/c1-2-23(27(25)13-12-24)9-3-8-22-10-6-15(7-11-22)19-17-5-4-16(20)14-18(17)26-21-19/h4-5,14-15,24H,2-3,6-13H2,1H3. The average Bonchev–Trinajstić information content (AvgIpc) is 3.09. The van der Waals surface area contributed by atoms with Crippen LogP contribution in [0.1, 0.15) is 37.8 Å². The van der Waals surface area contributed by atoms with Crippen molar-refractivity contribution >= 4 is 22.0 Å². The quantitative estimate of drug-likeness (QED) is 0.704. The van der Waals surface area contributed by atoms with Crippen molar-refractivity contribution in [1.29, 1.82) is 0 Å². The van der Waals surface area contributed by atoms with Crippen molar-refractivity contribution in [3.05, 3.63) is 29.7 Å². The molecule has 6 nitrogen and oxygen atoms in total. The van der Waals surface area contributed by atoms with Crippen LogP contribution in [-0.4, -0.2) is 68.8 Å². The van der Waals surface area contributed by atoms with E-state index in [1.165, 1.54) is 12.1 Å². The highest BCUT2D eigenvalue weighted by molar-refractivity contribution is 7.82. The Kier molecular flexibility index (Phi) is 7.34. The SMILES string of the molecule is CCN(CCCN1CCC(c2noc3cc(F)ccc23)CC1)S(=O)CCO. The first-order valence-corrected chi connectivity index (χ1v) is 10.9. The molecule has 1 aromatic carbocycles. The fourth-order valence-corrected chi connectivity index (χ4v) is 4.77. The predicted octanol–water partition coefficient (Wildman–Crippen LogP) is 2.51. The number of aliphatic hydroxyl groups excluding tert-OH is 1. The molecule has 27 heavy (non-hydrogen) atoms. The molecule has 1 aromatic heterocycles. The molecule has 1 N–H and O–H groups in total. The number of halogens is 1. The van der Waals surface area contributed by atoms with Gasteiger partial charge in [0.1, 0.15) is 5.82 Å². The number of benzene rings is 1. The zero-order chi connectivity index (χ0) is 19.2. The lowest BCUT2D eigenvalue weighted by Gasteiger charge is -2.31. The summed E-state index contributed by atoms with van der Waals surface area (Å²) in [5, 5.41) is 14.0. The third-order valence-electron chi connectivity index (χ3n) is 5.22. The van der Waals surface area contributed by atoms with Crippen molar-refractivity contribution in [2.45, 2.75) is 32.1 Å². The summed E-state index contributed by atoms with van der Waals surface area (Å²) in [4.78, 5) is 2.43. The summed E-state index contributed by atoms with van der Waals surface area (Å²) in [6, 6.07) is 4.61. The van der Waals surface area contributed by atoms with Crippen molar-refractivity contribution in [3.8, 4) is 0 Å². The van der Waals surface area contributed by atoms with Crippen LogP contribution in [0.15, 0.2) is 22.7 Å². The number of aliphatic hydroxyl groups is 1. The van der Waals surface area contributed by atoms with Crippen LogP contribution in [0.4, 0.5) is 4.39 Å². The van der Waals surface area contributed by atoms with E-state index in [-0.39, 0.29) is 12.4 Å². The van der Waals surface area contributed by atoms with E-state index in [2.05, 4.69) is 10.1 Å². The second-order valence-corrected chi connectivity index (χ2v) is 8.52. The van der Waals surface area contributed by atoms with Gasteiger partial charge in [0.25, 0.3) is 0 Å². The van der Waals surface area contributed by atoms with Gasteiger partial charge in [-0.2, -0.15) is 0 Å². The molecule has 150 valence electrons. The van der Waals surface area contributed by atoms with Crippen LogP contribution in [0.25, 0.3) is 11.0 Å². The monoisotopic (exact) mass is 397 g/mol. The number of rotatable bonds is 9. The summed E-state index contributed by atoms with van der Waals surface area (Å²) in [5.74, 6) is 0.354. The van der Waals surface area contributed by atoms with Gasteiger partial charge in [-0.3, -0.25) is 0 Å². The molecule has 0 spiro atoms. The molecule has 3 rings (SSSR count). The first-order chi connectivity index (χ1) is 13.1. The molecule has 1 fully saturated rings. The van der Waals surface area contributed by atoms with Crippen molar-refractivity contribution in [2.24, 2.45) is 0 Å². The maximum Gasteiger partial charge on any atom is 0.170 e. The van der Waals surface area contributed by atoms with Crippen LogP contribution < -0.4 is 0 Å². The minimum absolute atomic E-state index is 0.0417. The maximum atomic E-state index is 13.3. The fraction of sp³-hybridized carbons (Fsp3) is 0.632. The van der Waals surface area contributed by atoms with Gasteiger partial charge in [-0.25, -0.2) is 12.9 Å². The third kappa shape index (κ3) is 5.13. The summed E-state index contributed by atoms with van der Waals surface area (Å²) in [5.41, 5.74) is 1.46. The number of fused-ring (bicyclic) bond motifs is 1. The van der Waals surface area contributed by atoms with Crippen LogP contribution >= 0.6 is 0 Å². The van der Waals surface area contributed by atoms with Crippen LogP contribution in [0.3, 0.4) is 0 Å². The molecule has 1 atom stereocenters. The Morgan fingerprint density at radius 2 is 2.19 bits per heavy atom. The van der Waals surface area contributed by atoms with E-state index in [1.54, 1.807) is 6.07 Å². The van der Waals surface area contributed by atoms with Crippen LogP contribution in [0.5, 0.6) is 0 Å². The third-order valence-corrected chi connectivity index (χ3v) is 6.77. The smallest absolute Gasteiger partial charge is 0.170 e. The zero-order valence-corrected chi connectivity index (χ0v) is 16.6. The number of hydrogen-bond donors (Lipinski definition) is 1. The minimum atomic E-state index is -1.09. The van der Waals surface area contributed by atoms with Gasteiger partial charge in [0, 0.05) is 30.5 Å². The van der Waals surface area contributed by atoms with Crippen LogP contribution in [0.2, 0.25) is 0 Å². The van der Waals surface area contributed by atoms with Gasteiger partial charge in [0.2, 0.25) is 0 Å². The molecular formula is C19H28FN3O3S. The fourth-order valence-electron chi connectivity index (χ4n) is 3.74. The summed E-state index contributed by atoms with van der Waals surface area (Å²) >= 11 is 0. The molecule has 1 aliphatic heterocycles. The second kappa shape index (κ2) is 9.73. The van der Waals surface area contributed by atoms with Crippen molar-refractivity contribution < 1.29 is 18.2 Å². The van der Waals surface area contributed by atoms with E-state index >= 15 is 0 Å². The van der Waals surface area contributed by atoms with Gasteiger partial charge in [-0.15, -0.1) is 0 Å². The number of piperidine rings is 1. The molecule has 0 amide bonds. The second-order valence-electron chi connectivity index (χ2n) is 6.95. The molecule has 8 heteroatoms. The highest BCUT2D eigenvalue weighted by atomic mass is 32.2. The highest BCUT2D eigenvalue weighted by Gasteiger charge is 2.25. The zero-order valence-electron chi connectivity index (χ0n) is 15.8. The van der Waals surface area contributed by atoms with Gasteiger partial charge in [-0.05, 0) is 51.0 Å². The van der Waals surface area contributed by atoms with Crippen LogP contribution in [-0.2, 0) is 11.0 Å². The van der Waals surface area contributed by atoms with E-state index in [4.69, 9.17) is 9.63 Å². The molecule has 2 heterocycles. The summed E-state index contributed by atoms with van der Waals surface area (Å²) in [7, 11) is -1.09. The van der Waals surface area contributed by atoms with E-state index in [0.29, 0.717) is 17.3 Å². The molecule has 0 saturated carbocycles. The molecular weight excluding hydrogens is 369 g/mol. The van der Waals surface area contributed by atoms with Gasteiger partial charge in [0.15, 0.2) is 5.58 Å². The minimum Gasteiger partial charge on any atom is -0.395 e. The Labute approximate surface area is 161 Å². The van der Waals surface area contributed by atoms with Gasteiger partial charge in [-0.1, -0.05) is 12.1 Å². The lowest BCUT2D eigenvalue weighted by molar-refractivity contribution is 0.203. The number of likely N-dealkylation sites (tertiary alicyclic amines) is 1. The number of hydrogen-bond acceptors (Lipinski definition) is 5. The van der Waals surface area contributed by atoms with Gasteiger partial charge >= 0.3 is 0 Å². The van der Waals surface area contributed by atoms with Crippen molar-refractivity contribution in [3.63, 3.8) is 0 Å². The topological polar surface area (TPSA) is 69.8 Å². The van der Waals surface area contributed by atoms with E-state index in [9.17, 15) is 8.60 Å². The molecule has 0 radical (unpaired) electrons. The van der Waals surface area contributed by atoms with Crippen molar-refractivity contribution in [1.82, 2.24) is 14.4 Å².